The maximum atomic E-state index is 13.0. The molecule has 168 valence electrons. The van der Waals surface area contributed by atoms with Crippen LogP contribution in [0.4, 0.5) is 14.9 Å². The van der Waals surface area contributed by atoms with Crippen LogP contribution in [-0.4, -0.2) is 48.4 Å². The van der Waals surface area contributed by atoms with E-state index < -0.39 is 0 Å². The smallest absolute Gasteiger partial charge is 0.321 e. The molecule has 2 heterocycles. The van der Waals surface area contributed by atoms with Crippen molar-refractivity contribution in [2.45, 2.75) is 18.9 Å². The lowest BCUT2D eigenvalue weighted by Gasteiger charge is -2.18. The number of nitrogens with zero attached hydrogens (tertiary/aromatic N) is 3. The molecule has 10 heteroatoms. The molecule has 1 N–H and O–H groups in total. The van der Waals surface area contributed by atoms with E-state index in [1.54, 1.807) is 30.2 Å². The van der Waals surface area contributed by atoms with Gasteiger partial charge in [0, 0.05) is 25.1 Å². The largest absolute Gasteiger partial charge is 0.497 e. The molecule has 0 aliphatic carbocycles. The summed E-state index contributed by atoms with van der Waals surface area (Å²) in [5.74, 6) is 2.12. The van der Waals surface area contributed by atoms with Crippen LogP contribution in [-0.2, 0) is 6.61 Å². The van der Waals surface area contributed by atoms with Crippen LogP contribution < -0.4 is 19.5 Å². The van der Waals surface area contributed by atoms with E-state index >= 15 is 0 Å². The molecule has 1 aliphatic heterocycles. The second-order valence-electron chi connectivity index (χ2n) is 7.22. The Morgan fingerprint density at radius 1 is 1.19 bits per heavy atom. The molecule has 4 rings (SSSR count). The molecule has 1 unspecified atom stereocenters. The molecule has 1 aliphatic rings. The van der Waals surface area contributed by atoms with E-state index in [0.717, 1.165) is 0 Å². The van der Waals surface area contributed by atoms with Gasteiger partial charge in [-0.05, 0) is 42.8 Å². The summed E-state index contributed by atoms with van der Waals surface area (Å²) in [6.07, 6.45) is 0.713. The highest BCUT2D eigenvalue weighted by atomic mass is 19.1. The van der Waals surface area contributed by atoms with Gasteiger partial charge in [0.2, 0.25) is 0 Å². The van der Waals surface area contributed by atoms with Crippen molar-refractivity contribution >= 4 is 11.7 Å². The Balaban J connectivity index is 1.32. The first-order chi connectivity index (χ1) is 15.6. The van der Waals surface area contributed by atoms with Crippen molar-refractivity contribution in [3.8, 4) is 17.2 Å². The van der Waals surface area contributed by atoms with Crippen LogP contribution in [0.25, 0.3) is 0 Å². The van der Waals surface area contributed by atoms with Gasteiger partial charge in [-0.15, -0.1) is 0 Å². The topological polar surface area (TPSA) is 99.0 Å². The van der Waals surface area contributed by atoms with Gasteiger partial charge in [-0.2, -0.15) is 4.98 Å². The monoisotopic (exact) mass is 442 g/mol. The van der Waals surface area contributed by atoms with E-state index in [0.29, 0.717) is 54.2 Å². The normalized spacial score (nSPS) is 15.5. The van der Waals surface area contributed by atoms with Gasteiger partial charge in [-0.25, -0.2) is 9.18 Å². The number of halogens is 1. The summed E-state index contributed by atoms with van der Waals surface area (Å²) in [6, 6.07) is 10.6. The van der Waals surface area contributed by atoms with Gasteiger partial charge < -0.3 is 29.0 Å². The molecule has 2 amide bonds. The van der Waals surface area contributed by atoms with Crippen LogP contribution in [0.2, 0.25) is 0 Å². The molecule has 1 fully saturated rings. The predicted molar refractivity (Wildman–Crippen MR) is 113 cm³/mol. The van der Waals surface area contributed by atoms with Gasteiger partial charge in [-0.3, -0.25) is 0 Å². The number of carbonyl (C=O) groups excluding carboxylic acids is 1. The molecule has 0 radical (unpaired) electrons. The number of methoxy groups -OCH3 is 2. The van der Waals surface area contributed by atoms with E-state index in [2.05, 4.69) is 15.5 Å². The third-order valence-corrected chi connectivity index (χ3v) is 5.15. The number of likely N-dealkylation sites (tertiary alicyclic amines) is 1. The third kappa shape index (κ3) is 4.90. The van der Waals surface area contributed by atoms with Gasteiger partial charge in [-0.1, -0.05) is 5.16 Å². The molecule has 2 aromatic carbocycles. The van der Waals surface area contributed by atoms with Gasteiger partial charge in [0.1, 0.15) is 23.1 Å². The lowest BCUT2D eigenvalue weighted by molar-refractivity contribution is 0.221. The van der Waals surface area contributed by atoms with Gasteiger partial charge >= 0.3 is 6.03 Å². The summed E-state index contributed by atoms with van der Waals surface area (Å²) in [5.41, 5.74) is 0.557. The van der Waals surface area contributed by atoms with Crippen molar-refractivity contribution in [1.82, 2.24) is 15.0 Å². The minimum Gasteiger partial charge on any atom is -0.497 e. The van der Waals surface area contributed by atoms with Gasteiger partial charge in [0.05, 0.1) is 19.9 Å². The predicted octanol–water partition coefficient (Wildman–Crippen LogP) is 3.83. The quantitative estimate of drug-likeness (QED) is 0.594. The number of urea groups is 1. The Morgan fingerprint density at radius 3 is 2.72 bits per heavy atom. The van der Waals surface area contributed by atoms with E-state index in [1.807, 2.05) is 0 Å². The van der Waals surface area contributed by atoms with Crippen molar-refractivity contribution in [2.75, 3.05) is 32.6 Å². The highest BCUT2D eigenvalue weighted by molar-refractivity contribution is 5.91. The lowest BCUT2D eigenvalue weighted by atomic mass is 10.1. The van der Waals surface area contributed by atoms with Gasteiger partial charge in [0.15, 0.2) is 12.4 Å². The van der Waals surface area contributed by atoms with E-state index in [1.165, 1.54) is 31.4 Å². The zero-order chi connectivity index (χ0) is 22.5. The van der Waals surface area contributed by atoms with E-state index in [-0.39, 0.29) is 24.4 Å². The summed E-state index contributed by atoms with van der Waals surface area (Å²) >= 11 is 0. The first kappa shape index (κ1) is 21.4. The molecular formula is C22H23FN4O5. The number of carbonyl (C=O) groups is 1. The molecule has 0 bridgehead atoms. The average Bonchev–Trinajstić information content (AvgIpc) is 3.49. The minimum absolute atomic E-state index is 0.0400. The maximum absolute atomic E-state index is 13.0. The van der Waals surface area contributed by atoms with E-state index in [9.17, 15) is 9.18 Å². The summed E-state index contributed by atoms with van der Waals surface area (Å²) in [4.78, 5) is 18.8. The minimum atomic E-state index is -0.335. The molecule has 32 heavy (non-hydrogen) atoms. The molecule has 0 spiro atoms. The van der Waals surface area contributed by atoms with Crippen LogP contribution >= 0.6 is 0 Å². The number of benzene rings is 2. The Kier molecular flexibility index (Phi) is 6.39. The Bertz CT molecular complexity index is 1070. The maximum Gasteiger partial charge on any atom is 0.321 e. The van der Waals surface area contributed by atoms with E-state index in [4.69, 9.17) is 18.7 Å². The van der Waals surface area contributed by atoms with Crippen molar-refractivity contribution in [3.63, 3.8) is 0 Å². The number of hydrogen-bond donors (Lipinski definition) is 1. The number of hydrogen-bond acceptors (Lipinski definition) is 7. The molecule has 0 saturated carbocycles. The summed E-state index contributed by atoms with van der Waals surface area (Å²) in [7, 11) is 3.10. The van der Waals surface area contributed by atoms with Gasteiger partial charge in [0.25, 0.3) is 5.89 Å². The Morgan fingerprint density at radius 2 is 1.97 bits per heavy atom. The number of aromatic nitrogens is 2. The first-order valence-corrected chi connectivity index (χ1v) is 10.0. The fraction of sp³-hybridized carbons (Fsp3) is 0.318. The summed E-state index contributed by atoms with van der Waals surface area (Å²) < 4.78 is 34.3. The molecule has 1 saturated heterocycles. The second-order valence-corrected chi connectivity index (χ2v) is 7.22. The van der Waals surface area contributed by atoms with Crippen LogP contribution in [0, 0.1) is 5.82 Å². The van der Waals surface area contributed by atoms with Crippen molar-refractivity contribution in [3.05, 3.63) is 60.0 Å². The molecular weight excluding hydrogens is 419 g/mol. The third-order valence-electron chi connectivity index (χ3n) is 5.15. The Hall–Kier alpha value is -3.82. The van der Waals surface area contributed by atoms with Crippen LogP contribution in [0.3, 0.4) is 0 Å². The zero-order valence-corrected chi connectivity index (χ0v) is 17.7. The second kappa shape index (κ2) is 9.54. The van der Waals surface area contributed by atoms with Crippen molar-refractivity contribution < 1.29 is 27.9 Å². The van der Waals surface area contributed by atoms with Crippen LogP contribution in [0.15, 0.2) is 47.0 Å². The number of ether oxygens (including phenoxy) is 3. The summed E-state index contributed by atoms with van der Waals surface area (Å²) in [5, 5.41) is 6.90. The molecule has 1 atom stereocenters. The molecule has 3 aromatic rings. The average molecular weight is 442 g/mol. The highest BCUT2D eigenvalue weighted by Crippen LogP contribution is 2.31. The summed E-state index contributed by atoms with van der Waals surface area (Å²) in [6.45, 7) is 1.10. The SMILES string of the molecule is COc1ccc(NC(=O)N2CCC(c3noc(COc4ccc(F)cc4)n3)C2)c(OC)c1. The van der Waals surface area contributed by atoms with Crippen molar-refractivity contribution in [2.24, 2.45) is 0 Å². The zero-order valence-electron chi connectivity index (χ0n) is 17.7. The number of amides is 2. The number of anilines is 1. The number of nitrogens with one attached hydrogen (secondary N) is 1. The van der Waals surface area contributed by atoms with Crippen LogP contribution in [0.5, 0.6) is 17.2 Å². The lowest BCUT2D eigenvalue weighted by Crippen LogP contribution is -2.33. The Labute approximate surface area is 184 Å². The highest BCUT2D eigenvalue weighted by Gasteiger charge is 2.31. The van der Waals surface area contributed by atoms with Crippen molar-refractivity contribution in [1.29, 1.82) is 0 Å². The standard InChI is InChI=1S/C22H23FN4O5/c1-29-17-7-8-18(19(11-17)30-2)24-22(28)27-10-9-14(12-27)21-25-20(32-26-21)13-31-16-5-3-15(23)4-6-16/h3-8,11,14H,9-10,12-13H2,1-2H3,(H,24,28). The molecule has 1 aromatic heterocycles. The fourth-order valence-corrected chi connectivity index (χ4v) is 3.42. The van der Waals surface area contributed by atoms with Crippen LogP contribution in [0.1, 0.15) is 24.1 Å². The fourth-order valence-electron chi connectivity index (χ4n) is 3.42. The molecule has 9 nitrogen and oxygen atoms in total. The first-order valence-electron chi connectivity index (χ1n) is 10.0. The number of rotatable bonds is 7.